The first-order valence-corrected chi connectivity index (χ1v) is 7.36. The lowest BCUT2D eigenvalue weighted by atomic mass is 9.95. The number of H-pyrrole nitrogens is 1. The summed E-state index contributed by atoms with van der Waals surface area (Å²) in [6.07, 6.45) is 9.57. The van der Waals surface area contributed by atoms with Gasteiger partial charge in [-0.05, 0) is 24.6 Å². The van der Waals surface area contributed by atoms with E-state index in [1.807, 2.05) is 18.5 Å². The lowest BCUT2D eigenvalue weighted by Gasteiger charge is -2.21. The molecule has 23 heavy (non-hydrogen) atoms. The van der Waals surface area contributed by atoms with Crippen LogP contribution >= 0.6 is 0 Å². The fourth-order valence-corrected chi connectivity index (χ4v) is 2.79. The zero-order chi connectivity index (χ0) is 15.8. The molecule has 0 saturated heterocycles. The number of fused-ring (bicyclic) bond motifs is 1. The van der Waals surface area contributed by atoms with Crippen molar-refractivity contribution in [3.8, 4) is 0 Å². The van der Waals surface area contributed by atoms with Gasteiger partial charge in [-0.3, -0.25) is 10.1 Å². The normalized spacial score (nSPS) is 17.5. The first-order chi connectivity index (χ1) is 11.2. The molecular weight excluding hydrogens is 288 g/mol. The number of rotatable bonds is 2. The average Bonchev–Trinajstić information content (AvgIpc) is 3.09. The second-order valence-corrected chi connectivity index (χ2v) is 5.59. The SMILES string of the molecule is CC1=CC(c2ccn[nH]2)NC=C1c1cnc2cc(N)ncc2c1. The summed E-state index contributed by atoms with van der Waals surface area (Å²) in [6.45, 7) is 2.10. The van der Waals surface area contributed by atoms with Gasteiger partial charge in [-0.15, -0.1) is 0 Å². The molecule has 0 saturated carbocycles. The molecule has 0 aliphatic carbocycles. The molecule has 0 bridgehead atoms. The van der Waals surface area contributed by atoms with E-state index in [0.717, 1.165) is 27.7 Å². The first-order valence-electron chi connectivity index (χ1n) is 7.36. The molecule has 0 radical (unpaired) electrons. The van der Waals surface area contributed by atoms with Crippen molar-refractivity contribution in [2.75, 3.05) is 5.73 Å². The van der Waals surface area contributed by atoms with Crippen LogP contribution in [0, 0.1) is 0 Å². The van der Waals surface area contributed by atoms with Crippen LogP contribution in [0.1, 0.15) is 24.2 Å². The number of nitrogen functional groups attached to an aromatic ring is 1. The Bertz CT molecular complexity index is 923. The minimum absolute atomic E-state index is 0.108. The Balaban J connectivity index is 1.68. The van der Waals surface area contributed by atoms with E-state index in [4.69, 9.17) is 5.73 Å². The standard InChI is InChI=1S/C17H16N6/c1-10-4-16(14-2-3-22-23-14)20-9-13(10)11-5-12-8-21-17(18)6-15(12)19-7-11/h2-9,16,20H,1H3,(H2,18,21)(H,22,23). The summed E-state index contributed by atoms with van der Waals surface area (Å²) in [5.41, 5.74) is 10.9. The minimum atomic E-state index is 0.108. The van der Waals surface area contributed by atoms with Crippen LogP contribution in [-0.4, -0.2) is 20.2 Å². The second kappa shape index (κ2) is 5.24. The number of pyridine rings is 2. The number of nitrogens with one attached hydrogen (secondary N) is 2. The maximum absolute atomic E-state index is 5.70. The van der Waals surface area contributed by atoms with Crippen molar-refractivity contribution in [3.05, 3.63) is 65.9 Å². The van der Waals surface area contributed by atoms with E-state index >= 15 is 0 Å². The summed E-state index contributed by atoms with van der Waals surface area (Å²) in [5.74, 6) is 0.481. The van der Waals surface area contributed by atoms with E-state index in [2.05, 4.69) is 44.5 Å². The Morgan fingerprint density at radius 2 is 2.09 bits per heavy atom. The number of aromatic amines is 1. The van der Waals surface area contributed by atoms with Crippen LogP contribution in [0.2, 0.25) is 0 Å². The van der Waals surface area contributed by atoms with Crippen molar-refractivity contribution in [1.82, 2.24) is 25.5 Å². The van der Waals surface area contributed by atoms with Crippen molar-refractivity contribution >= 4 is 22.3 Å². The maximum Gasteiger partial charge on any atom is 0.125 e. The van der Waals surface area contributed by atoms with E-state index in [0.29, 0.717) is 5.82 Å². The third-order valence-corrected chi connectivity index (χ3v) is 4.00. The van der Waals surface area contributed by atoms with Gasteiger partial charge in [0, 0.05) is 47.4 Å². The van der Waals surface area contributed by atoms with E-state index in [1.165, 1.54) is 5.57 Å². The highest BCUT2D eigenvalue weighted by molar-refractivity contribution is 5.87. The van der Waals surface area contributed by atoms with Gasteiger partial charge in [0.25, 0.3) is 0 Å². The van der Waals surface area contributed by atoms with Crippen LogP contribution in [0.25, 0.3) is 16.5 Å². The van der Waals surface area contributed by atoms with Gasteiger partial charge in [-0.25, -0.2) is 4.98 Å². The highest BCUT2D eigenvalue weighted by Crippen LogP contribution is 2.30. The molecule has 1 atom stereocenters. The van der Waals surface area contributed by atoms with Crippen LogP contribution in [0.4, 0.5) is 5.82 Å². The predicted octanol–water partition coefficient (Wildman–Crippen LogP) is 2.57. The minimum Gasteiger partial charge on any atom is -0.384 e. The molecule has 114 valence electrons. The summed E-state index contributed by atoms with van der Waals surface area (Å²) in [7, 11) is 0. The smallest absolute Gasteiger partial charge is 0.125 e. The number of nitrogens with two attached hydrogens (primary N) is 1. The van der Waals surface area contributed by atoms with Gasteiger partial charge in [-0.1, -0.05) is 6.08 Å². The number of nitrogens with zero attached hydrogens (tertiary/aromatic N) is 3. The number of dihydropyridines is 1. The Labute approximate surface area is 133 Å². The Hall–Kier alpha value is -3.15. The topological polar surface area (TPSA) is 92.5 Å². The van der Waals surface area contributed by atoms with Crippen LogP contribution in [0.15, 0.2) is 54.6 Å². The first kappa shape index (κ1) is 13.5. The highest BCUT2D eigenvalue weighted by atomic mass is 15.1. The van der Waals surface area contributed by atoms with Crippen LogP contribution in [0.5, 0.6) is 0 Å². The molecule has 0 spiro atoms. The maximum atomic E-state index is 5.70. The largest absolute Gasteiger partial charge is 0.384 e. The third-order valence-electron chi connectivity index (χ3n) is 4.00. The van der Waals surface area contributed by atoms with Crippen LogP contribution in [-0.2, 0) is 0 Å². The molecule has 6 nitrogen and oxygen atoms in total. The molecule has 1 unspecified atom stereocenters. The van der Waals surface area contributed by atoms with Gasteiger partial charge in [0.2, 0.25) is 0 Å². The molecule has 4 rings (SSSR count). The predicted molar refractivity (Wildman–Crippen MR) is 90.1 cm³/mol. The van der Waals surface area contributed by atoms with Gasteiger partial charge in [-0.2, -0.15) is 5.10 Å². The molecule has 0 aromatic carbocycles. The molecular formula is C17H16N6. The van der Waals surface area contributed by atoms with Crippen molar-refractivity contribution in [2.45, 2.75) is 13.0 Å². The summed E-state index contributed by atoms with van der Waals surface area (Å²) in [6, 6.07) is 5.93. The van der Waals surface area contributed by atoms with Crippen molar-refractivity contribution in [1.29, 1.82) is 0 Å². The average molecular weight is 304 g/mol. The Morgan fingerprint density at radius 3 is 2.87 bits per heavy atom. The molecule has 0 amide bonds. The Kier molecular flexibility index (Phi) is 3.08. The van der Waals surface area contributed by atoms with Crippen molar-refractivity contribution in [2.24, 2.45) is 0 Å². The van der Waals surface area contributed by atoms with Gasteiger partial charge >= 0.3 is 0 Å². The third kappa shape index (κ3) is 2.44. The van der Waals surface area contributed by atoms with Gasteiger partial charge in [0.15, 0.2) is 0 Å². The lowest BCUT2D eigenvalue weighted by Crippen LogP contribution is -2.18. The molecule has 3 aromatic rings. The van der Waals surface area contributed by atoms with Crippen molar-refractivity contribution in [3.63, 3.8) is 0 Å². The van der Waals surface area contributed by atoms with Gasteiger partial charge in [0.05, 0.1) is 17.3 Å². The van der Waals surface area contributed by atoms with Crippen molar-refractivity contribution < 1.29 is 0 Å². The Morgan fingerprint density at radius 1 is 1.17 bits per heavy atom. The number of hydrogen-bond donors (Lipinski definition) is 3. The molecule has 4 N–H and O–H groups in total. The second-order valence-electron chi connectivity index (χ2n) is 5.59. The molecule has 3 aromatic heterocycles. The number of hydrogen-bond acceptors (Lipinski definition) is 5. The fourth-order valence-electron chi connectivity index (χ4n) is 2.79. The molecule has 0 fully saturated rings. The number of aromatic nitrogens is 4. The van der Waals surface area contributed by atoms with E-state index in [9.17, 15) is 0 Å². The zero-order valence-electron chi connectivity index (χ0n) is 12.6. The number of anilines is 1. The molecule has 6 heteroatoms. The van der Waals surface area contributed by atoms with Gasteiger partial charge < -0.3 is 11.1 Å². The summed E-state index contributed by atoms with van der Waals surface area (Å²) >= 11 is 0. The molecule has 4 heterocycles. The fraction of sp³-hybridized carbons (Fsp3) is 0.118. The van der Waals surface area contributed by atoms with Gasteiger partial charge in [0.1, 0.15) is 5.82 Å². The summed E-state index contributed by atoms with van der Waals surface area (Å²) in [4.78, 5) is 8.62. The summed E-state index contributed by atoms with van der Waals surface area (Å²) < 4.78 is 0. The highest BCUT2D eigenvalue weighted by Gasteiger charge is 2.16. The zero-order valence-corrected chi connectivity index (χ0v) is 12.6. The van der Waals surface area contributed by atoms with E-state index in [1.54, 1.807) is 18.5 Å². The number of allylic oxidation sites excluding steroid dienone is 2. The summed E-state index contributed by atoms with van der Waals surface area (Å²) in [5, 5.41) is 11.3. The molecule has 1 aliphatic heterocycles. The van der Waals surface area contributed by atoms with E-state index in [-0.39, 0.29) is 6.04 Å². The van der Waals surface area contributed by atoms with Crippen LogP contribution in [0.3, 0.4) is 0 Å². The monoisotopic (exact) mass is 304 g/mol. The quantitative estimate of drug-likeness (QED) is 0.676. The van der Waals surface area contributed by atoms with E-state index < -0.39 is 0 Å². The molecule has 1 aliphatic rings. The van der Waals surface area contributed by atoms with Crippen LogP contribution < -0.4 is 11.1 Å². The lowest BCUT2D eigenvalue weighted by molar-refractivity contribution is 0.713.